The van der Waals surface area contributed by atoms with Crippen molar-refractivity contribution in [2.24, 2.45) is 0 Å². The summed E-state index contributed by atoms with van der Waals surface area (Å²) in [6, 6.07) is 14.1. The van der Waals surface area contributed by atoms with Crippen LogP contribution in [0, 0.1) is 5.82 Å². The van der Waals surface area contributed by atoms with Crippen LogP contribution in [0.2, 0.25) is 5.02 Å². The van der Waals surface area contributed by atoms with Crippen molar-refractivity contribution in [2.45, 2.75) is 25.2 Å². The SMILES string of the molecule is O=C(Cc1c(F)cccc1Cl)N1CCC(c2nc(-c3ccccc3)no2)CC1. The van der Waals surface area contributed by atoms with Crippen LogP contribution < -0.4 is 0 Å². The molecule has 2 heterocycles. The topological polar surface area (TPSA) is 59.2 Å². The number of amides is 1. The summed E-state index contributed by atoms with van der Waals surface area (Å²) in [5.74, 6) is 0.716. The van der Waals surface area contributed by atoms with Crippen molar-refractivity contribution in [3.8, 4) is 11.4 Å². The predicted molar refractivity (Wildman–Crippen MR) is 103 cm³/mol. The maximum absolute atomic E-state index is 13.9. The van der Waals surface area contributed by atoms with Crippen LogP contribution in [-0.4, -0.2) is 34.0 Å². The Morgan fingerprint density at radius 2 is 1.89 bits per heavy atom. The van der Waals surface area contributed by atoms with Crippen molar-refractivity contribution in [3.63, 3.8) is 0 Å². The van der Waals surface area contributed by atoms with Crippen molar-refractivity contribution in [3.05, 3.63) is 70.8 Å². The van der Waals surface area contributed by atoms with E-state index in [9.17, 15) is 9.18 Å². The van der Waals surface area contributed by atoms with Gasteiger partial charge in [0.1, 0.15) is 5.82 Å². The fraction of sp³-hybridized carbons (Fsp3) is 0.286. The van der Waals surface area contributed by atoms with Gasteiger partial charge >= 0.3 is 0 Å². The molecule has 7 heteroatoms. The van der Waals surface area contributed by atoms with Gasteiger partial charge in [-0.05, 0) is 25.0 Å². The Balaban J connectivity index is 1.37. The van der Waals surface area contributed by atoms with E-state index in [-0.39, 0.29) is 28.8 Å². The Morgan fingerprint density at radius 1 is 1.14 bits per heavy atom. The lowest BCUT2D eigenvalue weighted by molar-refractivity contribution is -0.131. The smallest absolute Gasteiger partial charge is 0.230 e. The summed E-state index contributed by atoms with van der Waals surface area (Å²) in [6.45, 7) is 1.14. The molecule has 1 aliphatic heterocycles. The molecule has 0 spiro atoms. The maximum Gasteiger partial charge on any atom is 0.230 e. The number of piperidine rings is 1. The summed E-state index contributed by atoms with van der Waals surface area (Å²) in [5, 5.41) is 4.35. The molecule has 2 aromatic carbocycles. The Kier molecular flexibility index (Phi) is 5.39. The summed E-state index contributed by atoms with van der Waals surface area (Å²) in [7, 11) is 0. The van der Waals surface area contributed by atoms with Crippen LogP contribution in [0.5, 0.6) is 0 Å². The zero-order valence-electron chi connectivity index (χ0n) is 15.1. The lowest BCUT2D eigenvalue weighted by atomic mass is 9.96. The number of carbonyl (C=O) groups is 1. The van der Waals surface area contributed by atoms with Crippen LogP contribution in [0.1, 0.15) is 30.2 Å². The molecule has 0 aliphatic carbocycles. The van der Waals surface area contributed by atoms with E-state index in [1.807, 2.05) is 30.3 Å². The molecule has 28 heavy (non-hydrogen) atoms. The predicted octanol–water partition coefficient (Wildman–Crippen LogP) is 4.48. The molecule has 0 radical (unpaired) electrons. The van der Waals surface area contributed by atoms with Crippen LogP contribution in [0.4, 0.5) is 4.39 Å². The molecule has 1 aromatic heterocycles. The van der Waals surface area contributed by atoms with Crippen molar-refractivity contribution < 1.29 is 13.7 Å². The van der Waals surface area contributed by atoms with Crippen LogP contribution in [0.15, 0.2) is 53.1 Å². The van der Waals surface area contributed by atoms with Gasteiger partial charge in [-0.3, -0.25) is 4.79 Å². The largest absolute Gasteiger partial charge is 0.342 e. The Hall–Kier alpha value is -2.73. The van der Waals surface area contributed by atoms with E-state index in [0.29, 0.717) is 24.8 Å². The minimum Gasteiger partial charge on any atom is -0.342 e. The van der Waals surface area contributed by atoms with E-state index in [1.54, 1.807) is 11.0 Å². The maximum atomic E-state index is 13.9. The molecule has 1 amide bonds. The van der Waals surface area contributed by atoms with Crippen LogP contribution in [0.25, 0.3) is 11.4 Å². The summed E-state index contributed by atoms with van der Waals surface area (Å²) in [6.07, 6.45) is 1.43. The average molecular weight is 400 g/mol. The van der Waals surface area contributed by atoms with Gasteiger partial charge < -0.3 is 9.42 Å². The zero-order valence-corrected chi connectivity index (χ0v) is 15.9. The summed E-state index contributed by atoms with van der Waals surface area (Å²) >= 11 is 6.03. The number of nitrogens with zero attached hydrogens (tertiary/aromatic N) is 3. The van der Waals surface area contributed by atoms with Gasteiger partial charge in [0.05, 0.1) is 6.42 Å². The first-order valence-electron chi connectivity index (χ1n) is 9.21. The first-order chi connectivity index (χ1) is 13.6. The Labute approximate surface area is 167 Å². The standard InChI is InChI=1S/C21H19ClFN3O2/c22-17-7-4-8-18(23)16(17)13-19(27)26-11-9-15(10-12-26)21-24-20(25-28-21)14-5-2-1-3-6-14/h1-8,15H,9-13H2. The molecular weight excluding hydrogens is 381 g/mol. The number of hydrogen-bond acceptors (Lipinski definition) is 4. The second kappa shape index (κ2) is 8.10. The highest BCUT2D eigenvalue weighted by atomic mass is 35.5. The second-order valence-corrected chi connectivity index (χ2v) is 7.26. The van der Waals surface area contributed by atoms with Crippen LogP contribution in [-0.2, 0) is 11.2 Å². The molecule has 4 rings (SSSR count). The first kappa shape index (κ1) is 18.6. The van der Waals surface area contributed by atoms with Crippen LogP contribution in [0.3, 0.4) is 0 Å². The molecule has 0 saturated carbocycles. The molecule has 144 valence electrons. The van der Waals surface area contributed by atoms with Crippen molar-refractivity contribution in [1.82, 2.24) is 15.0 Å². The summed E-state index contributed by atoms with van der Waals surface area (Å²) in [4.78, 5) is 18.8. The highest BCUT2D eigenvalue weighted by Gasteiger charge is 2.28. The van der Waals surface area contributed by atoms with E-state index in [0.717, 1.165) is 18.4 Å². The van der Waals surface area contributed by atoms with Gasteiger partial charge in [0.2, 0.25) is 17.6 Å². The number of halogens is 2. The fourth-order valence-corrected chi connectivity index (χ4v) is 3.68. The normalized spacial score (nSPS) is 15.0. The van der Waals surface area contributed by atoms with Gasteiger partial charge in [0.25, 0.3) is 0 Å². The third-order valence-corrected chi connectivity index (χ3v) is 5.41. The van der Waals surface area contributed by atoms with Crippen LogP contribution >= 0.6 is 11.6 Å². The van der Waals surface area contributed by atoms with E-state index in [1.165, 1.54) is 12.1 Å². The van der Waals surface area contributed by atoms with Gasteiger partial charge in [-0.2, -0.15) is 4.98 Å². The lowest BCUT2D eigenvalue weighted by Gasteiger charge is -2.30. The molecule has 0 unspecified atom stereocenters. The number of carbonyl (C=O) groups excluding carboxylic acids is 1. The molecule has 5 nitrogen and oxygen atoms in total. The molecule has 0 atom stereocenters. The van der Waals surface area contributed by atoms with Gasteiger partial charge in [-0.15, -0.1) is 0 Å². The third-order valence-electron chi connectivity index (χ3n) is 5.06. The van der Waals surface area contributed by atoms with E-state index in [2.05, 4.69) is 10.1 Å². The van der Waals surface area contributed by atoms with Crippen molar-refractivity contribution in [1.29, 1.82) is 0 Å². The van der Waals surface area contributed by atoms with Gasteiger partial charge in [0, 0.05) is 35.2 Å². The molecule has 3 aromatic rings. The summed E-state index contributed by atoms with van der Waals surface area (Å²) < 4.78 is 19.4. The van der Waals surface area contributed by atoms with Crippen molar-refractivity contribution in [2.75, 3.05) is 13.1 Å². The number of hydrogen-bond donors (Lipinski definition) is 0. The molecule has 1 fully saturated rings. The number of aromatic nitrogens is 2. The fourth-order valence-electron chi connectivity index (χ4n) is 3.45. The van der Waals surface area contributed by atoms with E-state index in [4.69, 9.17) is 16.1 Å². The van der Waals surface area contributed by atoms with Crippen molar-refractivity contribution >= 4 is 17.5 Å². The van der Waals surface area contributed by atoms with Gasteiger partial charge in [-0.25, -0.2) is 4.39 Å². The lowest BCUT2D eigenvalue weighted by Crippen LogP contribution is -2.39. The summed E-state index contributed by atoms with van der Waals surface area (Å²) in [5.41, 5.74) is 1.16. The monoisotopic (exact) mass is 399 g/mol. The van der Waals surface area contributed by atoms with Gasteiger partial charge in [0.15, 0.2) is 0 Å². The molecule has 1 aliphatic rings. The van der Waals surface area contributed by atoms with E-state index >= 15 is 0 Å². The quantitative estimate of drug-likeness (QED) is 0.649. The molecular formula is C21H19ClFN3O2. The van der Waals surface area contributed by atoms with E-state index < -0.39 is 5.82 Å². The average Bonchev–Trinajstić information content (AvgIpc) is 3.22. The first-order valence-corrected chi connectivity index (χ1v) is 9.59. The molecule has 0 N–H and O–H groups in total. The Bertz CT molecular complexity index is 949. The highest BCUT2D eigenvalue weighted by molar-refractivity contribution is 6.31. The molecule has 0 bridgehead atoms. The minimum atomic E-state index is -0.449. The Morgan fingerprint density at radius 3 is 2.61 bits per heavy atom. The zero-order chi connectivity index (χ0) is 19.5. The number of rotatable bonds is 4. The molecule has 1 saturated heterocycles. The third kappa shape index (κ3) is 3.92. The highest BCUT2D eigenvalue weighted by Crippen LogP contribution is 2.29. The number of likely N-dealkylation sites (tertiary alicyclic amines) is 1. The van der Waals surface area contributed by atoms with Gasteiger partial charge in [-0.1, -0.05) is 53.2 Å². The number of benzene rings is 2. The minimum absolute atomic E-state index is 0.0329. The second-order valence-electron chi connectivity index (χ2n) is 6.85.